The van der Waals surface area contributed by atoms with Gasteiger partial charge >= 0.3 is 0 Å². The summed E-state index contributed by atoms with van der Waals surface area (Å²) >= 11 is 22.0. The second kappa shape index (κ2) is 14.6. The first-order chi connectivity index (χ1) is 17.8. The van der Waals surface area contributed by atoms with Gasteiger partial charge < -0.3 is 15.0 Å². The molecular formula is C28H28BrCl3N2O3. The topological polar surface area (TPSA) is 58.6 Å². The lowest BCUT2D eigenvalue weighted by Crippen LogP contribution is -2.51. The van der Waals surface area contributed by atoms with Crippen LogP contribution >= 0.6 is 50.7 Å². The molecule has 3 rings (SSSR count). The van der Waals surface area contributed by atoms with Crippen molar-refractivity contribution in [3.63, 3.8) is 0 Å². The van der Waals surface area contributed by atoms with Crippen molar-refractivity contribution < 1.29 is 14.3 Å². The van der Waals surface area contributed by atoms with Crippen LogP contribution in [0.25, 0.3) is 0 Å². The van der Waals surface area contributed by atoms with Gasteiger partial charge in [-0.3, -0.25) is 9.59 Å². The van der Waals surface area contributed by atoms with E-state index < -0.39 is 6.04 Å². The van der Waals surface area contributed by atoms with Crippen molar-refractivity contribution in [2.75, 3.05) is 13.2 Å². The fourth-order valence-electron chi connectivity index (χ4n) is 3.71. The van der Waals surface area contributed by atoms with Gasteiger partial charge in [0.05, 0.1) is 15.1 Å². The number of hydrogen-bond donors (Lipinski definition) is 1. The number of nitrogens with zero attached hydrogens (tertiary/aromatic N) is 1. The van der Waals surface area contributed by atoms with Gasteiger partial charge in [0.2, 0.25) is 5.91 Å². The van der Waals surface area contributed by atoms with E-state index in [0.717, 1.165) is 28.4 Å². The van der Waals surface area contributed by atoms with Crippen molar-refractivity contribution in [1.29, 1.82) is 0 Å². The van der Waals surface area contributed by atoms with Crippen molar-refractivity contribution in [3.05, 3.63) is 97.4 Å². The Balaban J connectivity index is 1.92. The first-order valence-electron chi connectivity index (χ1n) is 11.9. The lowest BCUT2D eigenvalue weighted by atomic mass is 10.0. The largest absolute Gasteiger partial charge is 0.482 e. The summed E-state index contributed by atoms with van der Waals surface area (Å²) in [5.41, 5.74) is 1.67. The summed E-state index contributed by atoms with van der Waals surface area (Å²) in [6.45, 7) is 2.43. The summed E-state index contributed by atoms with van der Waals surface area (Å²) in [6.07, 6.45) is 2.12. The molecule has 0 saturated heterocycles. The molecule has 5 nitrogen and oxygen atoms in total. The number of halogens is 4. The van der Waals surface area contributed by atoms with E-state index in [0.29, 0.717) is 33.8 Å². The van der Waals surface area contributed by atoms with Gasteiger partial charge in [-0.2, -0.15) is 0 Å². The van der Waals surface area contributed by atoms with Crippen molar-refractivity contribution in [2.45, 2.75) is 38.8 Å². The predicted molar refractivity (Wildman–Crippen MR) is 154 cm³/mol. The van der Waals surface area contributed by atoms with E-state index in [-0.39, 0.29) is 25.0 Å². The molecule has 3 aromatic rings. The highest BCUT2D eigenvalue weighted by atomic mass is 79.9. The van der Waals surface area contributed by atoms with Gasteiger partial charge in [0.15, 0.2) is 6.61 Å². The molecule has 0 spiro atoms. The molecule has 1 N–H and O–H groups in total. The Morgan fingerprint density at radius 2 is 1.70 bits per heavy atom. The zero-order chi connectivity index (χ0) is 26.8. The standard InChI is InChI=1S/C28H28BrCl3N2O3/c1-2-3-13-33-28(36)25(15-19-7-5-4-6-8-19)34(17-20-9-11-22(30)23(31)14-20)27(35)18-37-26-12-10-21(29)16-24(26)32/h4-12,14,16,25H,2-3,13,15,17-18H2,1H3,(H,33,36)/t25-/m1/s1. The Kier molecular flexibility index (Phi) is 11.6. The zero-order valence-corrected chi connectivity index (χ0v) is 24.2. The second-order valence-electron chi connectivity index (χ2n) is 8.48. The highest BCUT2D eigenvalue weighted by molar-refractivity contribution is 9.10. The molecule has 0 aliphatic heterocycles. The quantitative estimate of drug-likeness (QED) is 0.214. The third-order valence-corrected chi connectivity index (χ3v) is 7.21. The Labute approximate surface area is 241 Å². The van der Waals surface area contributed by atoms with Crippen LogP contribution in [0.3, 0.4) is 0 Å². The van der Waals surface area contributed by atoms with Gasteiger partial charge in [0.25, 0.3) is 5.91 Å². The normalized spacial score (nSPS) is 11.6. The van der Waals surface area contributed by atoms with Crippen LogP contribution in [0.1, 0.15) is 30.9 Å². The number of unbranched alkanes of at least 4 members (excludes halogenated alkanes) is 1. The molecule has 0 unspecified atom stereocenters. The summed E-state index contributed by atoms with van der Waals surface area (Å²) in [5.74, 6) is -0.219. The van der Waals surface area contributed by atoms with Crippen LogP contribution in [0.4, 0.5) is 0 Å². The van der Waals surface area contributed by atoms with E-state index in [1.54, 1.807) is 36.4 Å². The maximum atomic E-state index is 13.6. The van der Waals surface area contributed by atoms with Crippen molar-refractivity contribution in [3.8, 4) is 5.75 Å². The Hall–Kier alpha value is -2.25. The van der Waals surface area contributed by atoms with Crippen LogP contribution in [0.15, 0.2) is 71.2 Å². The SMILES string of the molecule is CCCCNC(=O)[C@@H](Cc1ccccc1)N(Cc1ccc(Cl)c(Cl)c1)C(=O)COc1ccc(Br)cc1Cl. The number of rotatable bonds is 12. The average Bonchev–Trinajstić information content (AvgIpc) is 2.88. The van der Waals surface area contributed by atoms with E-state index in [1.807, 2.05) is 30.3 Å². The van der Waals surface area contributed by atoms with Crippen LogP contribution in [-0.4, -0.2) is 35.9 Å². The van der Waals surface area contributed by atoms with Crippen molar-refractivity contribution in [2.24, 2.45) is 0 Å². The first-order valence-corrected chi connectivity index (χ1v) is 13.8. The summed E-state index contributed by atoms with van der Waals surface area (Å²) in [6, 6.07) is 19.1. The van der Waals surface area contributed by atoms with Gasteiger partial charge in [-0.1, -0.05) is 100 Å². The number of ether oxygens (including phenoxy) is 1. The fourth-order valence-corrected chi connectivity index (χ4v) is 4.76. The lowest BCUT2D eigenvalue weighted by molar-refractivity contribution is -0.142. The molecule has 0 bridgehead atoms. The molecule has 196 valence electrons. The molecule has 0 saturated carbocycles. The number of benzene rings is 3. The van der Waals surface area contributed by atoms with Crippen molar-refractivity contribution in [1.82, 2.24) is 10.2 Å². The van der Waals surface area contributed by atoms with E-state index in [1.165, 1.54) is 4.90 Å². The van der Waals surface area contributed by atoms with Crippen LogP contribution in [-0.2, 0) is 22.6 Å². The number of carbonyl (C=O) groups excluding carboxylic acids is 2. The van der Waals surface area contributed by atoms with Gasteiger partial charge in [-0.15, -0.1) is 0 Å². The average molecular weight is 627 g/mol. The second-order valence-corrected chi connectivity index (χ2v) is 10.6. The summed E-state index contributed by atoms with van der Waals surface area (Å²) in [4.78, 5) is 28.6. The molecule has 3 aromatic carbocycles. The zero-order valence-electron chi connectivity index (χ0n) is 20.4. The summed E-state index contributed by atoms with van der Waals surface area (Å²) < 4.78 is 6.57. The molecule has 9 heteroatoms. The minimum Gasteiger partial charge on any atom is -0.482 e. The molecule has 37 heavy (non-hydrogen) atoms. The minimum absolute atomic E-state index is 0.145. The van der Waals surface area contributed by atoms with Crippen LogP contribution in [0, 0.1) is 0 Å². The third kappa shape index (κ3) is 8.92. The Bertz CT molecular complexity index is 1210. The smallest absolute Gasteiger partial charge is 0.261 e. The number of nitrogens with one attached hydrogen (secondary N) is 1. The molecule has 0 aliphatic carbocycles. The number of amides is 2. The molecule has 2 amide bonds. The molecule has 0 radical (unpaired) electrons. The van der Waals surface area contributed by atoms with Crippen LogP contribution < -0.4 is 10.1 Å². The highest BCUT2D eigenvalue weighted by Crippen LogP contribution is 2.28. The molecule has 0 fully saturated rings. The number of hydrogen-bond acceptors (Lipinski definition) is 3. The van der Waals surface area contributed by atoms with Gasteiger partial charge in [-0.05, 0) is 47.9 Å². The van der Waals surface area contributed by atoms with E-state index in [4.69, 9.17) is 39.5 Å². The third-order valence-electron chi connectivity index (χ3n) is 5.68. The monoisotopic (exact) mass is 624 g/mol. The van der Waals surface area contributed by atoms with E-state index in [2.05, 4.69) is 28.2 Å². The summed E-state index contributed by atoms with van der Waals surface area (Å²) in [5, 5.41) is 4.14. The van der Waals surface area contributed by atoms with Crippen molar-refractivity contribution >= 4 is 62.5 Å². The van der Waals surface area contributed by atoms with Gasteiger partial charge in [-0.25, -0.2) is 0 Å². The maximum absolute atomic E-state index is 13.6. The minimum atomic E-state index is -0.773. The molecule has 0 aromatic heterocycles. The van der Waals surface area contributed by atoms with E-state index in [9.17, 15) is 9.59 Å². The maximum Gasteiger partial charge on any atom is 0.261 e. The number of carbonyl (C=O) groups is 2. The fraction of sp³-hybridized carbons (Fsp3) is 0.286. The Morgan fingerprint density at radius 1 is 0.946 bits per heavy atom. The first kappa shape index (κ1) is 29.3. The molecular weight excluding hydrogens is 599 g/mol. The van der Waals surface area contributed by atoms with Gasteiger partial charge in [0.1, 0.15) is 11.8 Å². The van der Waals surface area contributed by atoms with E-state index >= 15 is 0 Å². The molecule has 0 aliphatic rings. The molecule has 0 heterocycles. The van der Waals surface area contributed by atoms with Crippen LogP contribution in [0.2, 0.25) is 15.1 Å². The lowest BCUT2D eigenvalue weighted by Gasteiger charge is -2.31. The molecule has 1 atom stereocenters. The highest BCUT2D eigenvalue weighted by Gasteiger charge is 2.30. The van der Waals surface area contributed by atoms with Gasteiger partial charge in [0, 0.05) is 24.0 Å². The Morgan fingerprint density at radius 3 is 2.38 bits per heavy atom. The summed E-state index contributed by atoms with van der Waals surface area (Å²) in [7, 11) is 0. The van der Waals surface area contributed by atoms with Crippen LogP contribution in [0.5, 0.6) is 5.75 Å². The predicted octanol–water partition coefficient (Wildman–Crippen LogP) is 7.34.